The van der Waals surface area contributed by atoms with Gasteiger partial charge in [-0.15, -0.1) is 10.2 Å². The van der Waals surface area contributed by atoms with Gasteiger partial charge in [0.15, 0.2) is 0 Å². The topological polar surface area (TPSA) is 190 Å². The van der Waals surface area contributed by atoms with Crippen molar-refractivity contribution < 1.29 is 23.1 Å². The van der Waals surface area contributed by atoms with E-state index in [1.165, 1.54) is 4.31 Å². The molecule has 1 N–H and O–H groups in total. The average molecular weight is 847 g/mol. The highest BCUT2D eigenvalue weighted by molar-refractivity contribution is 7.93. The molecular weight excluding hydrogens is 797 g/mol. The minimum absolute atomic E-state index is 0.0293. The summed E-state index contributed by atoms with van der Waals surface area (Å²) in [6.07, 6.45) is 8.96. The number of nitro groups is 2. The summed E-state index contributed by atoms with van der Waals surface area (Å²) in [5.74, 6) is -0.374. The summed E-state index contributed by atoms with van der Waals surface area (Å²) in [5, 5.41) is 32.6. The van der Waals surface area contributed by atoms with Crippen LogP contribution in [0, 0.1) is 34.1 Å². The minimum atomic E-state index is -4.56. The van der Waals surface area contributed by atoms with Crippen LogP contribution in [0.4, 0.5) is 0 Å². The van der Waals surface area contributed by atoms with E-state index in [1.807, 2.05) is 71.0 Å². The zero-order chi connectivity index (χ0) is 43.4. The second-order valence-electron chi connectivity index (χ2n) is 17.4. The van der Waals surface area contributed by atoms with Crippen LogP contribution in [0.25, 0.3) is 27.8 Å². The molecule has 0 spiro atoms. The Bertz CT molecular complexity index is 2660. The van der Waals surface area contributed by atoms with Crippen molar-refractivity contribution in [3.05, 3.63) is 144 Å². The molecule has 5 aromatic rings. The van der Waals surface area contributed by atoms with Gasteiger partial charge in [0, 0.05) is 52.8 Å². The van der Waals surface area contributed by atoms with E-state index in [0.29, 0.717) is 0 Å². The lowest BCUT2D eigenvalue weighted by Crippen LogP contribution is -2.45. The molecule has 318 valence electrons. The van der Waals surface area contributed by atoms with E-state index in [4.69, 9.17) is 0 Å². The molecule has 3 aliphatic rings. The van der Waals surface area contributed by atoms with Crippen LogP contribution >= 0.6 is 0 Å². The van der Waals surface area contributed by atoms with Crippen molar-refractivity contribution in [3.8, 4) is 16.9 Å². The number of nitrogens with zero attached hydrogens (tertiary/aromatic N) is 7. The third-order valence-corrected chi connectivity index (χ3v) is 14.9. The van der Waals surface area contributed by atoms with Crippen LogP contribution in [-0.4, -0.2) is 84.3 Å². The van der Waals surface area contributed by atoms with Gasteiger partial charge in [-0.25, -0.2) is 8.42 Å². The number of fused-ring (bicyclic) bond motifs is 3. The van der Waals surface area contributed by atoms with Crippen LogP contribution < -0.4 is 0 Å². The van der Waals surface area contributed by atoms with Crippen LogP contribution in [0.5, 0.6) is 0 Å². The second kappa shape index (κ2) is 16.1. The number of amides is 1. The van der Waals surface area contributed by atoms with Crippen molar-refractivity contribution in [1.29, 1.82) is 0 Å². The largest absolute Gasteiger partial charge is 0.354 e. The number of hydrogen-bond acceptors (Lipinski definition) is 9. The fourth-order valence-electron chi connectivity index (χ4n) is 9.66. The lowest BCUT2D eigenvalue weighted by Gasteiger charge is -2.33. The van der Waals surface area contributed by atoms with Gasteiger partial charge in [-0.3, -0.25) is 29.6 Å². The zero-order valence-electron chi connectivity index (χ0n) is 34.9. The van der Waals surface area contributed by atoms with Crippen molar-refractivity contribution in [2.75, 3.05) is 13.1 Å². The number of H-pyrrole nitrogens is 1. The highest BCUT2D eigenvalue weighted by Gasteiger charge is 2.47. The number of carbonyl (C=O) groups is 1. The molecular formula is C45H50N8O7S. The summed E-state index contributed by atoms with van der Waals surface area (Å²) >= 11 is 0. The maximum absolute atomic E-state index is 14.9. The third kappa shape index (κ3) is 7.89. The normalized spacial score (nSPS) is 19.6. The van der Waals surface area contributed by atoms with Crippen LogP contribution in [-0.2, 0) is 26.7 Å². The summed E-state index contributed by atoms with van der Waals surface area (Å²) in [5.41, 5.74) is 6.75. The summed E-state index contributed by atoms with van der Waals surface area (Å²) in [6, 6.07) is 18.5. The molecule has 1 unspecified atom stereocenters. The monoisotopic (exact) mass is 846 g/mol. The number of aromatic amines is 1. The van der Waals surface area contributed by atoms with Crippen molar-refractivity contribution in [2.24, 2.45) is 0 Å². The average Bonchev–Trinajstić information content (AvgIpc) is 4.06. The molecule has 2 aliphatic heterocycles. The first kappa shape index (κ1) is 41.7. The molecule has 1 aliphatic carbocycles. The van der Waals surface area contributed by atoms with Crippen molar-refractivity contribution in [1.82, 2.24) is 29.0 Å². The van der Waals surface area contributed by atoms with E-state index < -0.39 is 54.3 Å². The lowest BCUT2D eigenvalue weighted by molar-refractivity contribution is -0.519. The molecule has 0 saturated carbocycles. The SMILES string of the molecule is Cc1cc(C)cc(-c2[nH]c3ccc(C(C)(C)C(=O)N4C5CCC4CC5)cc3c2C(C)CN(CCc2ccc(-n3cnnc3)cc2)S(=O)(=O)C2=CC=C([N+](=O)[O-])C[C@@H]2[N+](=O)[O-])c1. The molecule has 15 nitrogen and oxygen atoms in total. The van der Waals surface area contributed by atoms with Crippen molar-refractivity contribution >= 4 is 26.8 Å². The number of nitrogens with one attached hydrogen (secondary N) is 1. The highest BCUT2D eigenvalue weighted by atomic mass is 32.2. The Morgan fingerprint density at radius 2 is 1.57 bits per heavy atom. The van der Waals surface area contributed by atoms with Gasteiger partial charge in [0.05, 0.1) is 16.0 Å². The summed E-state index contributed by atoms with van der Waals surface area (Å²) in [6.45, 7) is 9.85. The van der Waals surface area contributed by atoms with Crippen LogP contribution in [0.2, 0.25) is 0 Å². The van der Waals surface area contributed by atoms with Gasteiger partial charge in [-0.1, -0.05) is 42.3 Å². The van der Waals surface area contributed by atoms with Gasteiger partial charge in [-0.2, -0.15) is 4.31 Å². The number of hydrogen-bond donors (Lipinski definition) is 1. The Balaban J connectivity index is 1.21. The molecule has 61 heavy (non-hydrogen) atoms. The first-order valence-electron chi connectivity index (χ1n) is 20.7. The number of rotatable bonds is 14. The molecule has 2 atom stereocenters. The summed E-state index contributed by atoms with van der Waals surface area (Å²) in [4.78, 5) is 42.2. The van der Waals surface area contributed by atoms with E-state index in [0.717, 1.165) is 93.5 Å². The molecule has 2 saturated heterocycles. The Morgan fingerprint density at radius 1 is 0.934 bits per heavy atom. The van der Waals surface area contributed by atoms with Crippen LogP contribution in [0.1, 0.15) is 86.6 Å². The molecule has 2 bridgehead atoms. The van der Waals surface area contributed by atoms with E-state index in [1.54, 1.807) is 17.2 Å². The Hall–Kier alpha value is -6.00. The zero-order valence-corrected chi connectivity index (χ0v) is 35.8. The van der Waals surface area contributed by atoms with Gasteiger partial charge in [0.2, 0.25) is 15.9 Å². The molecule has 16 heteroatoms. The molecule has 1 amide bonds. The maximum Gasteiger partial charge on any atom is 0.260 e. The number of benzene rings is 3. The number of allylic oxidation sites excluding steroid dienone is 2. The van der Waals surface area contributed by atoms with E-state index in [-0.39, 0.29) is 37.5 Å². The van der Waals surface area contributed by atoms with Gasteiger partial charge in [0.1, 0.15) is 24.0 Å². The van der Waals surface area contributed by atoms with Crippen LogP contribution in [0.3, 0.4) is 0 Å². The molecule has 3 aromatic carbocycles. The quantitative estimate of drug-likeness (QED) is 0.0869. The highest BCUT2D eigenvalue weighted by Crippen LogP contribution is 2.43. The summed E-state index contributed by atoms with van der Waals surface area (Å²) < 4.78 is 32.7. The van der Waals surface area contributed by atoms with Gasteiger partial charge in [-0.05, 0) is 130 Å². The molecule has 0 radical (unpaired) electrons. The molecule has 4 heterocycles. The molecule has 2 fully saturated rings. The van der Waals surface area contributed by atoms with E-state index >= 15 is 0 Å². The number of aromatic nitrogens is 4. The van der Waals surface area contributed by atoms with Gasteiger partial charge < -0.3 is 9.88 Å². The number of aryl methyl sites for hydroxylation is 2. The first-order chi connectivity index (χ1) is 29.0. The Morgan fingerprint density at radius 3 is 2.18 bits per heavy atom. The van der Waals surface area contributed by atoms with E-state index in [9.17, 15) is 33.4 Å². The number of carbonyl (C=O) groups excluding carboxylic acids is 1. The first-order valence-corrected chi connectivity index (χ1v) is 22.2. The fourth-order valence-corrected chi connectivity index (χ4v) is 11.5. The van der Waals surface area contributed by atoms with Gasteiger partial charge in [0.25, 0.3) is 11.7 Å². The predicted molar refractivity (Wildman–Crippen MR) is 232 cm³/mol. The maximum atomic E-state index is 14.9. The Labute approximate surface area is 354 Å². The minimum Gasteiger partial charge on any atom is -0.354 e. The fraction of sp³-hybridized carbons (Fsp3) is 0.400. The lowest BCUT2D eigenvalue weighted by atomic mass is 9.81. The second-order valence-corrected chi connectivity index (χ2v) is 19.3. The summed E-state index contributed by atoms with van der Waals surface area (Å²) in [7, 11) is -4.56. The van der Waals surface area contributed by atoms with E-state index in [2.05, 4.69) is 44.3 Å². The number of sulfonamides is 1. The molecule has 8 rings (SSSR count). The predicted octanol–water partition coefficient (Wildman–Crippen LogP) is 7.53. The standard InChI is InChI=1S/C45H50N8O7S/c1-28-20-29(2)22-32(21-28)43-42(38-23-33(8-16-39(38)48-43)45(4,5)44(54)51-35-11-12-36(51)14-13-35)30(3)25-50(19-18-31-6-9-34(10-7-31)49-26-46-47-27-49)61(59,60)41-17-15-37(52(55)56)24-40(41)53(57)58/h6-10,15-17,20-23,26-27,30,35-36,40,48H,11-14,18-19,24-25H2,1-5H3/t30?,35?,36?,40-/m0/s1. The third-order valence-electron chi connectivity index (χ3n) is 12.9. The van der Waals surface area contributed by atoms with Crippen molar-refractivity contribution in [2.45, 2.75) is 103 Å². The van der Waals surface area contributed by atoms with Crippen molar-refractivity contribution in [3.63, 3.8) is 0 Å². The van der Waals surface area contributed by atoms with Gasteiger partial charge >= 0.3 is 0 Å². The Kier molecular flexibility index (Phi) is 11.0. The molecule has 2 aromatic heterocycles. The van der Waals surface area contributed by atoms with Crippen LogP contribution in [0.15, 0.2) is 96.1 Å². The smallest absolute Gasteiger partial charge is 0.260 e.